The van der Waals surface area contributed by atoms with E-state index < -0.39 is 0 Å². The minimum absolute atomic E-state index is 0.150. The van der Waals surface area contributed by atoms with Gasteiger partial charge in [0, 0.05) is 35.5 Å². The Morgan fingerprint density at radius 3 is 2.80 bits per heavy atom. The van der Waals surface area contributed by atoms with Gasteiger partial charge < -0.3 is 10.1 Å². The van der Waals surface area contributed by atoms with E-state index in [9.17, 15) is 4.79 Å². The van der Waals surface area contributed by atoms with Crippen LogP contribution in [0.5, 0.6) is 5.75 Å². The quantitative estimate of drug-likeness (QED) is 0.876. The zero-order valence-corrected chi connectivity index (χ0v) is 13.4. The molecule has 110 valence electrons. The van der Waals surface area contributed by atoms with Gasteiger partial charge in [-0.3, -0.25) is 4.79 Å². The lowest BCUT2D eigenvalue weighted by atomic mass is 10.1. The highest BCUT2D eigenvalue weighted by Gasteiger charge is 2.14. The van der Waals surface area contributed by atoms with E-state index >= 15 is 0 Å². The molecule has 3 nitrogen and oxygen atoms in total. The third-order valence-corrected chi connectivity index (χ3v) is 6.06. The number of methoxy groups -OCH3 is 1. The van der Waals surface area contributed by atoms with Gasteiger partial charge in [0.15, 0.2) is 0 Å². The number of amides is 1. The van der Waals surface area contributed by atoms with Crippen molar-refractivity contribution in [3.05, 3.63) is 29.8 Å². The Bertz CT molecular complexity index is 416. The standard InChI is InChI=1S/C15H21NO2S2/c1-18-13-5-2-12(3-6-13)4-7-15(17)16-10-14-11-19-8-9-20-14/h2-3,5-6,14H,4,7-11H2,1H3,(H,16,17). The van der Waals surface area contributed by atoms with Gasteiger partial charge in [0.2, 0.25) is 5.91 Å². The van der Waals surface area contributed by atoms with Gasteiger partial charge in [-0.15, -0.1) is 0 Å². The van der Waals surface area contributed by atoms with Crippen molar-refractivity contribution < 1.29 is 9.53 Å². The van der Waals surface area contributed by atoms with Crippen LogP contribution in [0, 0.1) is 0 Å². The second kappa shape index (κ2) is 8.47. The van der Waals surface area contributed by atoms with Gasteiger partial charge in [0.25, 0.3) is 0 Å². The normalized spacial score (nSPS) is 18.6. The third kappa shape index (κ3) is 5.29. The predicted molar refractivity (Wildman–Crippen MR) is 87.9 cm³/mol. The Labute approximate surface area is 129 Å². The second-order valence-corrected chi connectivity index (χ2v) is 7.28. The first kappa shape index (κ1) is 15.6. The van der Waals surface area contributed by atoms with E-state index in [1.165, 1.54) is 17.1 Å². The van der Waals surface area contributed by atoms with Crippen molar-refractivity contribution in [3.63, 3.8) is 0 Å². The third-order valence-electron chi connectivity index (χ3n) is 3.21. The lowest BCUT2D eigenvalue weighted by Crippen LogP contribution is -2.33. The lowest BCUT2D eigenvalue weighted by Gasteiger charge is -2.21. The highest BCUT2D eigenvalue weighted by molar-refractivity contribution is 8.06. The molecule has 0 bridgehead atoms. The summed E-state index contributed by atoms with van der Waals surface area (Å²) in [5.41, 5.74) is 1.17. The van der Waals surface area contributed by atoms with Crippen LogP contribution in [0.1, 0.15) is 12.0 Å². The van der Waals surface area contributed by atoms with Crippen molar-refractivity contribution in [1.29, 1.82) is 0 Å². The van der Waals surface area contributed by atoms with Gasteiger partial charge in [-0.05, 0) is 24.1 Å². The van der Waals surface area contributed by atoms with Crippen LogP contribution in [0.3, 0.4) is 0 Å². The van der Waals surface area contributed by atoms with Crippen molar-refractivity contribution >= 4 is 29.4 Å². The average molecular weight is 311 g/mol. The molecule has 1 aliphatic heterocycles. The number of nitrogens with one attached hydrogen (secondary N) is 1. The summed E-state index contributed by atoms with van der Waals surface area (Å²) in [6.45, 7) is 0.805. The maximum Gasteiger partial charge on any atom is 0.220 e. The molecule has 2 rings (SSSR count). The molecule has 1 saturated heterocycles. The van der Waals surface area contributed by atoms with Crippen LogP contribution in [0.15, 0.2) is 24.3 Å². The zero-order chi connectivity index (χ0) is 14.2. The van der Waals surface area contributed by atoms with Crippen molar-refractivity contribution in [1.82, 2.24) is 5.32 Å². The van der Waals surface area contributed by atoms with E-state index in [2.05, 4.69) is 5.32 Å². The van der Waals surface area contributed by atoms with Gasteiger partial charge in [-0.25, -0.2) is 0 Å². The fourth-order valence-electron chi connectivity index (χ4n) is 2.02. The van der Waals surface area contributed by atoms with E-state index in [1.807, 2.05) is 47.8 Å². The maximum atomic E-state index is 11.8. The minimum atomic E-state index is 0.150. The summed E-state index contributed by atoms with van der Waals surface area (Å²) >= 11 is 3.96. The zero-order valence-electron chi connectivity index (χ0n) is 11.8. The first-order chi connectivity index (χ1) is 9.78. The summed E-state index contributed by atoms with van der Waals surface area (Å²) in [6, 6.07) is 7.89. The van der Waals surface area contributed by atoms with Crippen LogP contribution in [0.25, 0.3) is 0 Å². The number of rotatable bonds is 6. The van der Waals surface area contributed by atoms with Gasteiger partial charge in [0.05, 0.1) is 7.11 Å². The molecular weight excluding hydrogens is 290 g/mol. The first-order valence-corrected chi connectivity index (χ1v) is 9.07. The number of ether oxygens (including phenoxy) is 1. The van der Waals surface area contributed by atoms with E-state index in [0.717, 1.165) is 24.5 Å². The lowest BCUT2D eigenvalue weighted by molar-refractivity contribution is -0.121. The second-order valence-electron chi connectivity index (χ2n) is 4.72. The molecule has 1 heterocycles. The van der Waals surface area contributed by atoms with Crippen molar-refractivity contribution in [2.45, 2.75) is 18.1 Å². The van der Waals surface area contributed by atoms with E-state index in [-0.39, 0.29) is 5.91 Å². The van der Waals surface area contributed by atoms with E-state index in [1.54, 1.807) is 7.11 Å². The van der Waals surface area contributed by atoms with Gasteiger partial charge in [-0.2, -0.15) is 23.5 Å². The topological polar surface area (TPSA) is 38.3 Å². The molecule has 1 aliphatic rings. The van der Waals surface area contributed by atoms with E-state index in [0.29, 0.717) is 11.7 Å². The summed E-state index contributed by atoms with van der Waals surface area (Å²) < 4.78 is 5.12. The van der Waals surface area contributed by atoms with Crippen molar-refractivity contribution in [2.24, 2.45) is 0 Å². The van der Waals surface area contributed by atoms with Crippen LogP contribution in [0.2, 0.25) is 0 Å². The molecule has 5 heteroatoms. The maximum absolute atomic E-state index is 11.8. The summed E-state index contributed by atoms with van der Waals surface area (Å²) in [6.07, 6.45) is 1.33. The van der Waals surface area contributed by atoms with Crippen molar-refractivity contribution in [2.75, 3.05) is 30.9 Å². The number of carbonyl (C=O) groups excluding carboxylic acids is 1. The SMILES string of the molecule is COc1ccc(CCC(=O)NCC2CSCCS2)cc1. The minimum Gasteiger partial charge on any atom is -0.497 e. The molecule has 1 N–H and O–H groups in total. The van der Waals surface area contributed by atoms with Crippen LogP contribution in [0.4, 0.5) is 0 Å². The predicted octanol–water partition coefficient (Wildman–Crippen LogP) is 2.59. The number of hydrogen-bond acceptors (Lipinski definition) is 4. The molecule has 0 spiro atoms. The molecule has 1 aromatic rings. The molecule has 0 aliphatic carbocycles. The van der Waals surface area contributed by atoms with Crippen LogP contribution >= 0.6 is 23.5 Å². The Balaban J connectivity index is 1.66. The van der Waals surface area contributed by atoms with E-state index in [4.69, 9.17) is 4.74 Å². The summed E-state index contributed by atoms with van der Waals surface area (Å²) in [5.74, 6) is 4.61. The number of carbonyl (C=O) groups is 1. The summed E-state index contributed by atoms with van der Waals surface area (Å²) in [5, 5.41) is 3.63. The van der Waals surface area contributed by atoms with Gasteiger partial charge in [-0.1, -0.05) is 12.1 Å². The molecule has 1 aromatic carbocycles. The molecule has 0 saturated carbocycles. The molecular formula is C15H21NO2S2. The molecule has 0 aromatic heterocycles. The number of aryl methyl sites for hydroxylation is 1. The van der Waals surface area contributed by atoms with Crippen LogP contribution in [-0.4, -0.2) is 42.1 Å². The monoisotopic (exact) mass is 311 g/mol. The van der Waals surface area contributed by atoms with Crippen molar-refractivity contribution in [3.8, 4) is 5.75 Å². The largest absolute Gasteiger partial charge is 0.497 e. The number of benzene rings is 1. The van der Waals surface area contributed by atoms with Crippen LogP contribution in [-0.2, 0) is 11.2 Å². The Morgan fingerprint density at radius 2 is 2.15 bits per heavy atom. The van der Waals surface area contributed by atoms with Crippen LogP contribution < -0.4 is 10.1 Å². The van der Waals surface area contributed by atoms with Gasteiger partial charge >= 0.3 is 0 Å². The fraction of sp³-hybridized carbons (Fsp3) is 0.533. The molecule has 1 fully saturated rings. The number of hydrogen-bond donors (Lipinski definition) is 1. The smallest absolute Gasteiger partial charge is 0.220 e. The van der Waals surface area contributed by atoms with Gasteiger partial charge in [0.1, 0.15) is 5.75 Å². The first-order valence-electron chi connectivity index (χ1n) is 6.87. The highest BCUT2D eigenvalue weighted by Crippen LogP contribution is 2.23. The molecule has 1 unspecified atom stereocenters. The Hall–Kier alpha value is -0.810. The average Bonchev–Trinajstić information content (AvgIpc) is 2.52. The molecule has 20 heavy (non-hydrogen) atoms. The summed E-state index contributed by atoms with van der Waals surface area (Å²) in [4.78, 5) is 11.8. The summed E-state index contributed by atoms with van der Waals surface area (Å²) in [7, 11) is 1.66. The Morgan fingerprint density at radius 1 is 1.35 bits per heavy atom. The molecule has 0 radical (unpaired) electrons. The number of thioether (sulfide) groups is 2. The Kier molecular flexibility index (Phi) is 6.60. The molecule has 1 amide bonds. The molecule has 1 atom stereocenters. The fourth-order valence-corrected chi connectivity index (χ4v) is 4.63. The highest BCUT2D eigenvalue weighted by atomic mass is 32.2.